The Balaban J connectivity index is 1.37. The Morgan fingerprint density at radius 2 is 1.74 bits per heavy atom. The highest BCUT2D eigenvalue weighted by molar-refractivity contribution is 6.00. The van der Waals surface area contributed by atoms with Gasteiger partial charge in [-0.3, -0.25) is 9.59 Å². The number of aromatic nitrogens is 2. The van der Waals surface area contributed by atoms with Crippen molar-refractivity contribution in [2.75, 3.05) is 39.3 Å². The number of rotatable bonds is 4. The van der Waals surface area contributed by atoms with Gasteiger partial charge in [0, 0.05) is 51.4 Å². The molecule has 0 unspecified atom stereocenters. The standard InChI is InChI=1S/C24H27N5O2/c1-2-26-10-12-27(13-11-26)23(30)19-8-9-21-20(16-19)25-22-24(31)28(14-15-29(21)22)17-18-6-4-3-5-7-18/h3-9,16H,2,10-15,17H2,1H3. The van der Waals surface area contributed by atoms with Gasteiger partial charge in [-0.2, -0.15) is 0 Å². The molecule has 2 aliphatic heterocycles. The number of imidazole rings is 1. The van der Waals surface area contributed by atoms with Gasteiger partial charge in [-0.1, -0.05) is 37.3 Å². The molecule has 2 amide bonds. The van der Waals surface area contributed by atoms with Gasteiger partial charge in [0.05, 0.1) is 11.0 Å². The molecule has 7 heteroatoms. The van der Waals surface area contributed by atoms with Crippen LogP contribution in [-0.4, -0.2) is 75.3 Å². The lowest BCUT2D eigenvalue weighted by atomic mass is 10.1. The fraction of sp³-hybridized carbons (Fsp3) is 0.375. The first kappa shape index (κ1) is 19.8. The Hall–Kier alpha value is -3.19. The zero-order valence-electron chi connectivity index (χ0n) is 17.8. The second-order valence-electron chi connectivity index (χ2n) is 8.23. The third-order valence-electron chi connectivity index (χ3n) is 6.39. The summed E-state index contributed by atoms with van der Waals surface area (Å²) < 4.78 is 1.98. The van der Waals surface area contributed by atoms with Gasteiger partial charge in [0.15, 0.2) is 5.82 Å². The number of hydrogen-bond donors (Lipinski definition) is 0. The molecular weight excluding hydrogens is 390 g/mol. The lowest BCUT2D eigenvalue weighted by Gasteiger charge is -2.34. The zero-order valence-corrected chi connectivity index (χ0v) is 17.8. The van der Waals surface area contributed by atoms with Crippen LogP contribution in [-0.2, 0) is 13.1 Å². The summed E-state index contributed by atoms with van der Waals surface area (Å²) in [5.74, 6) is 0.439. The minimum Gasteiger partial charge on any atom is -0.336 e. The molecule has 0 atom stereocenters. The lowest BCUT2D eigenvalue weighted by molar-refractivity contribution is 0.0642. The molecule has 0 N–H and O–H groups in total. The topological polar surface area (TPSA) is 61.7 Å². The normalized spacial score (nSPS) is 17.3. The second-order valence-corrected chi connectivity index (χ2v) is 8.23. The van der Waals surface area contributed by atoms with Crippen LogP contribution in [0.3, 0.4) is 0 Å². The van der Waals surface area contributed by atoms with E-state index in [9.17, 15) is 9.59 Å². The summed E-state index contributed by atoms with van der Waals surface area (Å²) in [6, 6.07) is 15.6. The molecule has 0 saturated carbocycles. The Labute approximate surface area is 181 Å². The van der Waals surface area contributed by atoms with E-state index in [1.807, 2.05) is 62.9 Å². The fourth-order valence-corrected chi connectivity index (χ4v) is 4.52. The van der Waals surface area contributed by atoms with E-state index in [4.69, 9.17) is 0 Å². The van der Waals surface area contributed by atoms with Gasteiger partial charge in [0.1, 0.15) is 0 Å². The molecule has 2 aromatic carbocycles. The van der Waals surface area contributed by atoms with E-state index in [0.717, 1.165) is 43.8 Å². The minimum atomic E-state index is -0.0603. The number of hydrogen-bond acceptors (Lipinski definition) is 4. The lowest BCUT2D eigenvalue weighted by Crippen LogP contribution is -2.48. The number of amides is 2. The largest absolute Gasteiger partial charge is 0.336 e. The van der Waals surface area contributed by atoms with Crippen LogP contribution < -0.4 is 0 Å². The van der Waals surface area contributed by atoms with Crippen molar-refractivity contribution in [2.24, 2.45) is 0 Å². The van der Waals surface area contributed by atoms with Gasteiger partial charge in [-0.15, -0.1) is 0 Å². The SMILES string of the molecule is CCN1CCN(C(=O)c2ccc3c(c2)nc2n3CCN(Cc3ccccc3)C2=O)CC1. The molecule has 1 aromatic heterocycles. The highest BCUT2D eigenvalue weighted by atomic mass is 16.2. The van der Waals surface area contributed by atoms with Crippen molar-refractivity contribution in [3.05, 3.63) is 65.5 Å². The van der Waals surface area contributed by atoms with E-state index in [0.29, 0.717) is 36.5 Å². The van der Waals surface area contributed by atoms with Crippen molar-refractivity contribution >= 4 is 22.8 Å². The molecule has 2 aliphatic rings. The van der Waals surface area contributed by atoms with Gasteiger partial charge < -0.3 is 19.3 Å². The van der Waals surface area contributed by atoms with Gasteiger partial charge in [0.2, 0.25) is 0 Å². The van der Waals surface area contributed by atoms with E-state index < -0.39 is 0 Å². The molecule has 7 nitrogen and oxygen atoms in total. The molecule has 31 heavy (non-hydrogen) atoms. The summed E-state index contributed by atoms with van der Waals surface area (Å²) in [5.41, 5.74) is 3.37. The average Bonchev–Trinajstić information content (AvgIpc) is 3.20. The van der Waals surface area contributed by atoms with Crippen molar-refractivity contribution < 1.29 is 9.59 Å². The number of carbonyl (C=O) groups is 2. The van der Waals surface area contributed by atoms with E-state index in [2.05, 4.69) is 16.8 Å². The van der Waals surface area contributed by atoms with E-state index >= 15 is 0 Å². The number of fused-ring (bicyclic) bond motifs is 3. The summed E-state index contributed by atoms with van der Waals surface area (Å²) in [5, 5.41) is 0. The van der Waals surface area contributed by atoms with Crippen LogP contribution in [0.4, 0.5) is 0 Å². The molecule has 3 aromatic rings. The second kappa shape index (κ2) is 8.15. The quantitative estimate of drug-likeness (QED) is 0.654. The van der Waals surface area contributed by atoms with Crippen LogP contribution in [0.25, 0.3) is 11.0 Å². The average molecular weight is 418 g/mol. The van der Waals surface area contributed by atoms with Crippen molar-refractivity contribution in [1.82, 2.24) is 24.3 Å². The molecule has 5 rings (SSSR count). The summed E-state index contributed by atoms with van der Waals surface area (Å²) in [6.45, 7) is 8.41. The van der Waals surface area contributed by atoms with Crippen LogP contribution in [0.2, 0.25) is 0 Å². The highest BCUT2D eigenvalue weighted by Crippen LogP contribution is 2.24. The molecule has 160 valence electrons. The molecular formula is C24H27N5O2. The number of benzene rings is 2. The van der Waals surface area contributed by atoms with Gasteiger partial charge in [-0.05, 0) is 30.3 Å². The molecule has 1 fully saturated rings. The van der Waals surface area contributed by atoms with Gasteiger partial charge in [0.25, 0.3) is 11.8 Å². The van der Waals surface area contributed by atoms with Crippen LogP contribution >= 0.6 is 0 Å². The maximum Gasteiger partial charge on any atom is 0.290 e. The third kappa shape index (κ3) is 3.70. The van der Waals surface area contributed by atoms with E-state index in [1.54, 1.807) is 0 Å². The van der Waals surface area contributed by atoms with Gasteiger partial charge >= 0.3 is 0 Å². The van der Waals surface area contributed by atoms with Crippen molar-refractivity contribution in [1.29, 1.82) is 0 Å². The van der Waals surface area contributed by atoms with Crippen LogP contribution in [0.15, 0.2) is 48.5 Å². The molecule has 0 bridgehead atoms. The smallest absolute Gasteiger partial charge is 0.290 e. The highest BCUT2D eigenvalue weighted by Gasteiger charge is 2.29. The van der Waals surface area contributed by atoms with Crippen molar-refractivity contribution in [3.63, 3.8) is 0 Å². The van der Waals surface area contributed by atoms with Crippen molar-refractivity contribution in [2.45, 2.75) is 20.0 Å². The van der Waals surface area contributed by atoms with Crippen molar-refractivity contribution in [3.8, 4) is 0 Å². The Morgan fingerprint density at radius 3 is 2.48 bits per heavy atom. The Bertz CT molecular complexity index is 1120. The molecule has 0 aliphatic carbocycles. The third-order valence-corrected chi connectivity index (χ3v) is 6.39. The molecule has 3 heterocycles. The summed E-state index contributed by atoms with van der Waals surface area (Å²) in [7, 11) is 0. The number of nitrogens with zero attached hydrogens (tertiary/aromatic N) is 5. The molecule has 1 saturated heterocycles. The first-order valence-electron chi connectivity index (χ1n) is 11.0. The zero-order chi connectivity index (χ0) is 21.4. The first-order chi connectivity index (χ1) is 15.1. The predicted octanol–water partition coefficient (Wildman–Crippen LogP) is 2.47. The molecule has 0 spiro atoms. The van der Waals surface area contributed by atoms with Crippen LogP contribution in [0.1, 0.15) is 33.5 Å². The summed E-state index contributed by atoms with van der Waals surface area (Å²) in [4.78, 5) is 36.8. The number of piperazine rings is 1. The number of carbonyl (C=O) groups excluding carboxylic acids is 2. The Morgan fingerprint density at radius 1 is 0.968 bits per heavy atom. The molecule has 0 radical (unpaired) electrons. The first-order valence-corrected chi connectivity index (χ1v) is 11.0. The maximum absolute atomic E-state index is 13.1. The fourth-order valence-electron chi connectivity index (χ4n) is 4.52. The summed E-state index contributed by atoms with van der Waals surface area (Å²) in [6.07, 6.45) is 0. The minimum absolute atomic E-state index is 0.0423. The maximum atomic E-state index is 13.1. The Kier molecular flexibility index (Phi) is 5.19. The van der Waals surface area contributed by atoms with E-state index in [1.165, 1.54) is 0 Å². The van der Waals surface area contributed by atoms with E-state index in [-0.39, 0.29) is 11.8 Å². The van der Waals surface area contributed by atoms with Gasteiger partial charge in [-0.25, -0.2) is 4.98 Å². The van der Waals surface area contributed by atoms with Crippen LogP contribution in [0.5, 0.6) is 0 Å². The summed E-state index contributed by atoms with van der Waals surface area (Å²) >= 11 is 0. The number of likely N-dealkylation sites (N-methyl/N-ethyl adjacent to an activating group) is 1. The predicted molar refractivity (Wildman–Crippen MR) is 119 cm³/mol. The monoisotopic (exact) mass is 417 g/mol. The van der Waals surface area contributed by atoms with Crippen LogP contribution in [0, 0.1) is 0 Å².